The zero-order chi connectivity index (χ0) is 8.55. The molecule has 1 aliphatic carbocycles. The Morgan fingerprint density at radius 3 is 2.92 bits per heavy atom. The van der Waals surface area contributed by atoms with Gasteiger partial charge in [0.1, 0.15) is 6.10 Å². The van der Waals surface area contributed by atoms with E-state index in [0.717, 1.165) is 25.8 Å². The molecule has 2 rings (SSSR count). The Morgan fingerprint density at radius 1 is 1.58 bits per heavy atom. The fourth-order valence-corrected chi connectivity index (χ4v) is 1.56. The van der Waals surface area contributed by atoms with Crippen LogP contribution in [0.2, 0.25) is 0 Å². The number of cyclic esters (lactones) is 1. The number of ether oxygens (including phenoxy) is 1. The lowest BCUT2D eigenvalue weighted by Crippen LogP contribution is -2.27. The Kier molecular flexibility index (Phi) is 1.92. The number of carbonyl (C=O) groups excluding carboxylic acids is 1. The van der Waals surface area contributed by atoms with Crippen LogP contribution in [0.25, 0.3) is 0 Å². The van der Waals surface area contributed by atoms with E-state index in [0.29, 0.717) is 12.6 Å². The first kappa shape index (κ1) is 7.86. The summed E-state index contributed by atoms with van der Waals surface area (Å²) in [6.45, 7) is 1.34. The average molecular weight is 170 g/mol. The van der Waals surface area contributed by atoms with E-state index in [1.54, 1.807) is 0 Å². The van der Waals surface area contributed by atoms with Crippen molar-refractivity contribution in [3.8, 4) is 0 Å². The lowest BCUT2D eigenvalue weighted by atomic mass is 10.2. The van der Waals surface area contributed by atoms with Crippen molar-refractivity contribution < 1.29 is 9.53 Å². The summed E-state index contributed by atoms with van der Waals surface area (Å²) < 4.78 is 5.12. The van der Waals surface area contributed by atoms with Gasteiger partial charge < -0.3 is 15.4 Å². The maximum absolute atomic E-state index is 11.2. The van der Waals surface area contributed by atoms with Crippen LogP contribution in [0.3, 0.4) is 0 Å². The highest BCUT2D eigenvalue weighted by Gasteiger charge is 2.40. The fourth-order valence-electron chi connectivity index (χ4n) is 1.56. The zero-order valence-corrected chi connectivity index (χ0v) is 7.03. The van der Waals surface area contributed by atoms with Gasteiger partial charge in [-0.2, -0.15) is 0 Å². The second-order valence-electron chi connectivity index (χ2n) is 3.47. The number of rotatable bonds is 3. The molecule has 0 bridgehead atoms. The summed E-state index contributed by atoms with van der Waals surface area (Å²) in [6, 6.07) is 0.472. The summed E-state index contributed by atoms with van der Waals surface area (Å²) in [6.07, 6.45) is 2.98. The zero-order valence-electron chi connectivity index (χ0n) is 7.03. The summed E-state index contributed by atoms with van der Waals surface area (Å²) >= 11 is 0. The molecule has 1 amide bonds. The minimum absolute atomic E-state index is 0.0445. The third kappa shape index (κ3) is 1.39. The molecule has 1 unspecified atom stereocenters. The normalized spacial score (nSPS) is 29.2. The molecule has 1 saturated heterocycles. The number of carbonyl (C=O) groups is 1. The van der Waals surface area contributed by atoms with Crippen LogP contribution in [-0.2, 0) is 4.74 Å². The van der Waals surface area contributed by atoms with Gasteiger partial charge in [0.15, 0.2) is 0 Å². The lowest BCUT2D eigenvalue weighted by Gasteiger charge is -2.09. The molecule has 12 heavy (non-hydrogen) atoms. The van der Waals surface area contributed by atoms with Gasteiger partial charge in [0, 0.05) is 6.04 Å². The molecule has 1 saturated carbocycles. The van der Waals surface area contributed by atoms with Crippen molar-refractivity contribution in [2.24, 2.45) is 5.73 Å². The minimum atomic E-state index is -0.143. The Balaban J connectivity index is 1.88. The lowest BCUT2D eigenvalue weighted by molar-refractivity contribution is 0.129. The molecule has 0 aromatic rings. The first-order valence-corrected chi connectivity index (χ1v) is 4.48. The van der Waals surface area contributed by atoms with Crippen LogP contribution in [0.4, 0.5) is 4.79 Å². The van der Waals surface area contributed by atoms with Crippen molar-refractivity contribution in [2.75, 3.05) is 13.1 Å². The summed E-state index contributed by atoms with van der Waals surface area (Å²) in [7, 11) is 0. The van der Waals surface area contributed by atoms with Crippen LogP contribution in [0.1, 0.15) is 19.3 Å². The van der Waals surface area contributed by atoms with Crippen molar-refractivity contribution in [3.05, 3.63) is 0 Å². The maximum atomic E-state index is 11.2. The van der Waals surface area contributed by atoms with Crippen LogP contribution >= 0.6 is 0 Å². The molecule has 4 heteroatoms. The van der Waals surface area contributed by atoms with Gasteiger partial charge in [-0.25, -0.2) is 4.79 Å². The average Bonchev–Trinajstić information content (AvgIpc) is 2.79. The van der Waals surface area contributed by atoms with Gasteiger partial charge in [0.05, 0.1) is 6.54 Å². The Morgan fingerprint density at radius 2 is 2.33 bits per heavy atom. The van der Waals surface area contributed by atoms with E-state index in [1.807, 2.05) is 4.90 Å². The van der Waals surface area contributed by atoms with Crippen LogP contribution in [0, 0.1) is 0 Å². The molecule has 1 heterocycles. The summed E-state index contributed by atoms with van der Waals surface area (Å²) in [5, 5.41) is 0. The van der Waals surface area contributed by atoms with E-state index < -0.39 is 0 Å². The van der Waals surface area contributed by atoms with Crippen molar-refractivity contribution >= 4 is 6.09 Å². The molecular weight excluding hydrogens is 156 g/mol. The molecule has 1 atom stereocenters. The van der Waals surface area contributed by atoms with Gasteiger partial charge in [-0.05, 0) is 25.8 Å². The summed E-state index contributed by atoms with van der Waals surface area (Å²) in [5.74, 6) is 0. The van der Waals surface area contributed by atoms with Crippen LogP contribution in [0.15, 0.2) is 0 Å². The molecule has 0 radical (unpaired) electrons. The largest absolute Gasteiger partial charge is 0.444 e. The van der Waals surface area contributed by atoms with Crippen LogP contribution in [-0.4, -0.2) is 36.2 Å². The topological polar surface area (TPSA) is 55.6 Å². The number of hydrogen-bond donors (Lipinski definition) is 1. The molecule has 68 valence electrons. The van der Waals surface area contributed by atoms with Crippen LogP contribution in [0.5, 0.6) is 0 Å². The minimum Gasteiger partial charge on any atom is -0.444 e. The number of amides is 1. The fraction of sp³-hybridized carbons (Fsp3) is 0.875. The number of nitrogens with two attached hydrogens (primary N) is 1. The third-order valence-electron chi connectivity index (χ3n) is 2.38. The van der Waals surface area contributed by atoms with Gasteiger partial charge in [-0.15, -0.1) is 0 Å². The monoisotopic (exact) mass is 170 g/mol. The molecule has 2 fully saturated rings. The van der Waals surface area contributed by atoms with Gasteiger partial charge in [0.25, 0.3) is 0 Å². The summed E-state index contributed by atoms with van der Waals surface area (Å²) in [4.78, 5) is 13.0. The standard InChI is InChI=1S/C8H14N2O2/c9-4-3-7-5-10(6-1-2-6)8(11)12-7/h6-7H,1-5,9H2. The SMILES string of the molecule is NCCC1CN(C2CC2)C(=O)O1. The van der Waals surface area contributed by atoms with Gasteiger partial charge in [-0.3, -0.25) is 0 Å². The highest BCUT2D eigenvalue weighted by atomic mass is 16.6. The molecule has 1 aliphatic heterocycles. The number of nitrogens with zero attached hydrogens (tertiary/aromatic N) is 1. The smallest absolute Gasteiger partial charge is 0.410 e. The first-order valence-electron chi connectivity index (χ1n) is 4.48. The quantitative estimate of drug-likeness (QED) is 0.663. The molecule has 2 N–H and O–H groups in total. The predicted octanol–water partition coefficient (Wildman–Crippen LogP) is 0.318. The first-order chi connectivity index (χ1) is 5.81. The Labute approximate surface area is 71.7 Å². The number of hydrogen-bond acceptors (Lipinski definition) is 3. The predicted molar refractivity (Wildman–Crippen MR) is 43.7 cm³/mol. The van der Waals surface area contributed by atoms with Gasteiger partial charge in [0.2, 0.25) is 0 Å². The Bertz CT molecular complexity index is 191. The molecular formula is C8H14N2O2. The second-order valence-corrected chi connectivity index (χ2v) is 3.47. The molecule has 0 aromatic carbocycles. The molecule has 0 spiro atoms. The van der Waals surface area contributed by atoms with Crippen molar-refractivity contribution in [1.82, 2.24) is 4.90 Å². The summed E-state index contributed by atoms with van der Waals surface area (Å²) in [5.41, 5.74) is 5.38. The van der Waals surface area contributed by atoms with Gasteiger partial charge in [-0.1, -0.05) is 0 Å². The third-order valence-corrected chi connectivity index (χ3v) is 2.38. The van der Waals surface area contributed by atoms with Crippen molar-refractivity contribution in [2.45, 2.75) is 31.4 Å². The molecule has 4 nitrogen and oxygen atoms in total. The van der Waals surface area contributed by atoms with E-state index in [1.165, 1.54) is 0 Å². The van der Waals surface area contributed by atoms with E-state index in [-0.39, 0.29) is 12.2 Å². The van der Waals surface area contributed by atoms with Crippen molar-refractivity contribution in [3.63, 3.8) is 0 Å². The molecule has 2 aliphatic rings. The maximum Gasteiger partial charge on any atom is 0.410 e. The van der Waals surface area contributed by atoms with E-state index in [9.17, 15) is 4.79 Å². The Hall–Kier alpha value is -0.770. The highest BCUT2D eigenvalue weighted by molar-refractivity contribution is 5.70. The van der Waals surface area contributed by atoms with Crippen molar-refractivity contribution in [1.29, 1.82) is 0 Å². The van der Waals surface area contributed by atoms with E-state index in [2.05, 4.69) is 0 Å². The van der Waals surface area contributed by atoms with E-state index >= 15 is 0 Å². The molecule has 0 aromatic heterocycles. The van der Waals surface area contributed by atoms with E-state index in [4.69, 9.17) is 10.5 Å². The van der Waals surface area contributed by atoms with Gasteiger partial charge >= 0.3 is 6.09 Å². The second kappa shape index (κ2) is 2.94. The van der Waals surface area contributed by atoms with Crippen LogP contribution < -0.4 is 5.73 Å². The highest BCUT2D eigenvalue weighted by Crippen LogP contribution is 2.30.